The van der Waals surface area contributed by atoms with Gasteiger partial charge < -0.3 is 9.64 Å². The summed E-state index contributed by atoms with van der Waals surface area (Å²) >= 11 is 0. The van der Waals surface area contributed by atoms with E-state index in [-0.39, 0.29) is 0 Å². The minimum Gasteiger partial charge on any atom is -0.497 e. The van der Waals surface area contributed by atoms with Gasteiger partial charge in [-0.25, -0.2) is 0 Å². The third-order valence-corrected chi connectivity index (χ3v) is 5.17. The van der Waals surface area contributed by atoms with Gasteiger partial charge in [0.05, 0.1) is 7.11 Å². The molecule has 3 atom stereocenters. The number of likely N-dealkylation sites (tertiary alicyclic amines) is 1. The summed E-state index contributed by atoms with van der Waals surface area (Å²) in [6, 6.07) is 6.70. The van der Waals surface area contributed by atoms with E-state index in [1.807, 2.05) is 0 Å². The van der Waals surface area contributed by atoms with Crippen molar-refractivity contribution in [3.8, 4) is 5.75 Å². The second kappa shape index (κ2) is 5.16. The molecule has 0 bridgehead atoms. The largest absolute Gasteiger partial charge is 0.497 e. The van der Waals surface area contributed by atoms with E-state index in [9.17, 15) is 0 Å². The van der Waals surface area contributed by atoms with E-state index in [2.05, 4.69) is 37.1 Å². The number of fused-ring (bicyclic) bond motifs is 1. The fourth-order valence-electron chi connectivity index (χ4n) is 4.25. The zero-order valence-electron chi connectivity index (χ0n) is 12.4. The Balaban J connectivity index is 1.89. The molecule has 1 aromatic rings. The number of rotatable bonds is 3. The molecule has 2 nitrogen and oxygen atoms in total. The van der Waals surface area contributed by atoms with Crippen LogP contribution in [0, 0.1) is 11.8 Å². The molecule has 1 saturated heterocycles. The summed E-state index contributed by atoms with van der Waals surface area (Å²) in [5, 5.41) is 0. The summed E-state index contributed by atoms with van der Waals surface area (Å²) in [7, 11) is 4.02. The van der Waals surface area contributed by atoms with Crippen LogP contribution in [0.15, 0.2) is 18.2 Å². The minimum atomic E-state index is 0.774. The molecule has 104 valence electrons. The molecule has 0 unspecified atom stereocenters. The van der Waals surface area contributed by atoms with Crippen LogP contribution >= 0.6 is 0 Å². The van der Waals surface area contributed by atoms with Crippen molar-refractivity contribution in [2.24, 2.45) is 11.8 Å². The number of methoxy groups -OCH3 is 1. The summed E-state index contributed by atoms with van der Waals surface area (Å²) in [6.07, 6.45) is 3.90. The van der Waals surface area contributed by atoms with Crippen molar-refractivity contribution in [2.45, 2.75) is 32.1 Å². The van der Waals surface area contributed by atoms with E-state index in [0.717, 1.165) is 29.9 Å². The average molecular weight is 259 g/mol. The van der Waals surface area contributed by atoms with Gasteiger partial charge in [-0.05, 0) is 67.3 Å². The smallest absolute Gasteiger partial charge is 0.119 e. The normalized spacial score (nSPS) is 30.6. The standard InChI is InChI=1S/C17H25NO/c1-4-12-9-14(19-3)6-8-15(12)16-7-5-13-10-18(2)11-17(13)16/h6,8-9,13,16-17H,4-5,7,10-11H2,1-3H3/t13-,16+,17+/m1/s1. The van der Waals surface area contributed by atoms with E-state index >= 15 is 0 Å². The molecule has 0 aromatic heterocycles. The molecule has 2 fully saturated rings. The van der Waals surface area contributed by atoms with E-state index in [1.165, 1.54) is 31.5 Å². The fourth-order valence-corrected chi connectivity index (χ4v) is 4.25. The number of ether oxygens (including phenoxy) is 1. The van der Waals surface area contributed by atoms with E-state index in [1.54, 1.807) is 12.7 Å². The van der Waals surface area contributed by atoms with Gasteiger partial charge in [0.2, 0.25) is 0 Å². The quantitative estimate of drug-likeness (QED) is 0.825. The maximum atomic E-state index is 5.37. The molecule has 3 rings (SSSR count). The highest BCUT2D eigenvalue weighted by atomic mass is 16.5. The highest BCUT2D eigenvalue weighted by Crippen LogP contribution is 2.48. The first-order valence-electron chi connectivity index (χ1n) is 7.58. The van der Waals surface area contributed by atoms with Gasteiger partial charge in [-0.15, -0.1) is 0 Å². The predicted octanol–water partition coefficient (Wildman–Crippen LogP) is 3.31. The van der Waals surface area contributed by atoms with Crippen LogP contribution in [0.1, 0.15) is 36.8 Å². The highest BCUT2D eigenvalue weighted by Gasteiger charge is 2.42. The maximum Gasteiger partial charge on any atom is 0.119 e. The lowest BCUT2D eigenvalue weighted by atomic mass is 9.84. The van der Waals surface area contributed by atoms with Crippen molar-refractivity contribution >= 4 is 0 Å². The predicted molar refractivity (Wildman–Crippen MR) is 78.8 cm³/mol. The van der Waals surface area contributed by atoms with Crippen LogP contribution in [-0.2, 0) is 6.42 Å². The van der Waals surface area contributed by atoms with Crippen molar-refractivity contribution in [1.82, 2.24) is 4.90 Å². The third kappa shape index (κ3) is 2.27. The number of nitrogens with zero attached hydrogens (tertiary/aromatic N) is 1. The number of hydrogen-bond donors (Lipinski definition) is 0. The Kier molecular flexibility index (Phi) is 3.53. The number of aryl methyl sites for hydroxylation is 1. The lowest BCUT2D eigenvalue weighted by molar-refractivity contribution is 0.368. The van der Waals surface area contributed by atoms with Crippen LogP contribution in [0.4, 0.5) is 0 Å². The number of benzene rings is 1. The zero-order chi connectivity index (χ0) is 13.4. The van der Waals surface area contributed by atoms with Crippen molar-refractivity contribution < 1.29 is 4.74 Å². The van der Waals surface area contributed by atoms with Crippen molar-refractivity contribution in [3.05, 3.63) is 29.3 Å². The van der Waals surface area contributed by atoms with E-state index in [0.29, 0.717) is 0 Å². The SMILES string of the molecule is CCc1cc(OC)ccc1[C@@H]1CC[C@@H]2CN(C)C[C@@H]21. The van der Waals surface area contributed by atoms with Gasteiger partial charge >= 0.3 is 0 Å². The van der Waals surface area contributed by atoms with Crippen molar-refractivity contribution in [1.29, 1.82) is 0 Å². The van der Waals surface area contributed by atoms with Gasteiger partial charge in [0.25, 0.3) is 0 Å². The van der Waals surface area contributed by atoms with Gasteiger partial charge in [-0.2, -0.15) is 0 Å². The lowest BCUT2D eigenvalue weighted by Gasteiger charge is -2.22. The molecule has 2 aliphatic rings. The zero-order valence-corrected chi connectivity index (χ0v) is 12.4. The molecule has 1 aliphatic carbocycles. The molecule has 1 aliphatic heterocycles. The van der Waals surface area contributed by atoms with Crippen LogP contribution in [0.3, 0.4) is 0 Å². The topological polar surface area (TPSA) is 12.5 Å². The van der Waals surface area contributed by atoms with Crippen LogP contribution in [-0.4, -0.2) is 32.1 Å². The summed E-state index contributed by atoms with van der Waals surface area (Å²) in [5.74, 6) is 3.58. The molecule has 19 heavy (non-hydrogen) atoms. The Bertz CT molecular complexity index is 457. The second-order valence-corrected chi connectivity index (χ2v) is 6.25. The van der Waals surface area contributed by atoms with Crippen molar-refractivity contribution in [2.75, 3.05) is 27.2 Å². The summed E-state index contributed by atoms with van der Waals surface area (Å²) in [4.78, 5) is 2.51. The first kappa shape index (κ1) is 13.0. The van der Waals surface area contributed by atoms with Crippen LogP contribution in [0.25, 0.3) is 0 Å². The van der Waals surface area contributed by atoms with Gasteiger partial charge in [0.1, 0.15) is 5.75 Å². The first-order valence-corrected chi connectivity index (χ1v) is 7.58. The molecule has 2 heteroatoms. The minimum absolute atomic E-state index is 0.774. The monoisotopic (exact) mass is 259 g/mol. The number of hydrogen-bond acceptors (Lipinski definition) is 2. The van der Waals surface area contributed by atoms with Gasteiger partial charge in [0.15, 0.2) is 0 Å². The second-order valence-electron chi connectivity index (χ2n) is 6.25. The molecule has 0 spiro atoms. The Morgan fingerprint density at radius 3 is 2.84 bits per heavy atom. The Morgan fingerprint density at radius 2 is 2.11 bits per heavy atom. The Hall–Kier alpha value is -1.02. The lowest BCUT2D eigenvalue weighted by Crippen LogP contribution is -2.18. The van der Waals surface area contributed by atoms with Crippen LogP contribution in [0.5, 0.6) is 5.75 Å². The van der Waals surface area contributed by atoms with Crippen LogP contribution < -0.4 is 4.74 Å². The van der Waals surface area contributed by atoms with Gasteiger partial charge in [-0.3, -0.25) is 0 Å². The maximum absolute atomic E-state index is 5.37. The molecule has 0 amide bonds. The Morgan fingerprint density at radius 1 is 1.26 bits per heavy atom. The van der Waals surface area contributed by atoms with E-state index < -0.39 is 0 Å². The van der Waals surface area contributed by atoms with Gasteiger partial charge in [0, 0.05) is 13.1 Å². The Labute approximate surface area is 116 Å². The molecule has 1 saturated carbocycles. The third-order valence-electron chi connectivity index (χ3n) is 5.17. The summed E-state index contributed by atoms with van der Waals surface area (Å²) in [6.45, 7) is 4.84. The molecule has 1 aromatic carbocycles. The van der Waals surface area contributed by atoms with E-state index in [4.69, 9.17) is 4.74 Å². The fraction of sp³-hybridized carbons (Fsp3) is 0.647. The highest BCUT2D eigenvalue weighted by molar-refractivity contribution is 5.39. The van der Waals surface area contributed by atoms with Crippen molar-refractivity contribution in [3.63, 3.8) is 0 Å². The van der Waals surface area contributed by atoms with Gasteiger partial charge in [-0.1, -0.05) is 13.0 Å². The van der Waals surface area contributed by atoms with Crippen LogP contribution in [0.2, 0.25) is 0 Å². The average Bonchev–Trinajstić information content (AvgIpc) is 2.97. The summed E-state index contributed by atoms with van der Waals surface area (Å²) in [5.41, 5.74) is 3.07. The molecular formula is C17H25NO. The molecule has 1 heterocycles. The summed E-state index contributed by atoms with van der Waals surface area (Å²) < 4.78 is 5.37. The molecular weight excluding hydrogens is 234 g/mol. The molecule has 0 radical (unpaired) electrons. The molecule has 0 N–H and O–H groups in total. The first-order chi connectivity index (χ1) is 9.22.